The number of thiophene rings is 1. The van der Waals surface area contributed by atoms with Gasteiger partial charge < -0.3 is 15.4 Å². The molecule has 0 unspecified atom stereocenters. The average Bonchev–Trinajstić information content (AvgIpc) is 3.21. The summed E-state index contributed by atoms with van der Waals surface area (Å²) in [4.78, 5) is 25.2. The molecule has 0 aliphatic rings. The van der Waals surface area contributed by atoms with Gasteiger partial charge >= 0.3 is 0 Å². The fourth-order valence-electron chi connectivity index (χ4n) is 2.40. The van der Waals surface area contributed by atoms with Crippen LogP contribution >= 0.6 is 11.3 Å². The van der Waals surface area contributed by atoms with Gasteiger partial charge in [0.15, 0.2) is 0 Å². The first-order valence-electron chi connectivity index (χ1n) is 8.61. The minimum atomic E-state index is -0.297. The van der Waals surface area contributed by atoms with Crippen LogP contribution in [0.25, 0.3) is 0 Å². The lowest BCUT2D eigenvalue weighted by Crippen LogP contribution is -2.37. The molecule has 3 aromatic rings. The molecular formula is C21H20N2O3S. The SMILES string of the molecule is O=C(CNC(=O)c1ccc(Oc2ccccc2)cc1)NCCc1cccs1. The zero-order chi connectivity index (χ0) is 18.9. The van der Waals surface area contributed by atoms with Crippen molar-refractivity contribution in [2.75, 3.05) is 13.1 Å². The van der Waals surface area contributed by atoms with Crippen LogP contribution in [0, 0.1) is 0 Å². The van der Waals surface area contributed by atoms with Crippen LogP contribution in [0.15, 0.2) is 72.1 Å². The Bertz CT molecular complexity index is 862. The number of rotatable bonds is 8. The van der Waals surface area contributed by atoms with E-state index in [1.165, 1.54) is 4.88 Å². The number of para-hydroxylation sites is 1. The van der Waals surface area contributed by atoms with Gasteiger partial charge in [-0.25, -0.2) is 0 Å². The van der Waals surface area contributed by atoms with E-state index in [1.807, 2.05) is 47.8 Å². The van der Waals surface area contributed by atoms with Gasteiger partial charge in [0.1, 0.15) is 11.5 Å². The Balaban J connectivity index is 1.41. The van der Waals surface area contributed by atoms with E-state index >= 15 is 0 Å². The maximum Gasteiger partial charge on any atom is 0.251 e. The minimum Gasteiger partial charge on any atom is -0.457 e. The van der Waals surface area contributed by atoms with Gasteiger partial charge in [0.2, 0.25) is 5.91 Å². The molecule has 1 heterocycles. The lowest BCUT2D eigenvalue weighted by molar-refractivity contribution is -0.120. The smallest absolute Gasteiger partial charge is 0.251 e. The van der Waals surface area contributed by atoms with E-state index in [-0.39, 0.29) is 18.4 Å². The summed E-state index contributed by atoms with van der Waals surface area (Å²) in [6.07, 6.45) is 0.792. The van der Waals surface area contributed by atoms with Crippen molar-refractivity contribution >= 4 is 23.2 Å². The second kappa shape index (κ2) is 9.54. The van der Waals surface area contributed by atoms with Gasteiger partial charge in [-0.1, -0.05) is 24.3 Å². The fraction of sp³-hybridized carbons (Fsp3) is 0.143. The summed E-state index contributed by atoms with van der Waals surface area (Å²) in [5, 5.41) is 7.43. The highest BCUT2D eigenvalue weighted by atomic mass is 32.1. The molecule has 0 aliphatic carbocycles. The van der Waals surface area contributed by atoms with Crippen LogP contribution in [0.5, 0.6) is 11.5 Å². The summed E-state index contributed by atoms with van der Waals surface area (Å²) < 4.78 is 5.69. The number of carbonyl (C=O) groups is 2. The molecule has 0 saturated heterocycles. The first-order valence-corrected chi connectivity index (χ1v) is 9.49. The molecule has 0 atom stereocenters. The molecular weight excluding hydrogens is 360 g/mol. The van der Waals surface area contributed by atoms with Crippen LogP contribution in [0.2, 0.25) is 0 Å². The lowest BCUT2D eigenvalue weighted by atomic mass is 10.2. The van der Waals surface area contributed by atoms with Crippen LogP contribution in [0.1, 0.15) is 15.2 Å². The summed E-state index contributed by atoms with van der Waals surface area (Å²) in [6.45, 7) is 0.506. The lowest BCUT2D eigenvalue weighted by Gasteiger charge is -2.08. The van der Waals surface area contributed by atoms with Crippen molar-refractivity contribution in [3.8, 4) is 11.5 Å². The van der Waals surface area contributed by atoms with Gasteiger partial charge in [0.05, 0.1) is 6.54 Å². The van der Waals surface area contributed by atoms with E-state index in [4.69, 9.17) is 4.74 Å². The maximum atomic E-state index is 12.1. The van der Waals surface area contributed by atoms with Gasteiger partial charge in [-0.2, -0.15) is 0 Å². The van der Waals surface area contributed by atoms with Gasteiger partial charge in [0.25, 0.3) is 5.91 Å². The monoisotopic (exact) mass is 380 g/mol. The molecule has 1 aromatic heterocycles. The van der Waals surface area contributed by atoms with E-state index in [9.17, 15) is 9.59 Å². The maximum absolute atomic E-state index is 12.1. The molecule has 6 heteroatoms. The van der Waals surface area contributed by atoms with Crippen molar-refractivity contribution < 1.29 is 14.3 Å². The molecule has 5 nitrogen and oxygen atoms in total. The quantitative estimate of drug-likeness (QED) is 0.627. The Kier molecular flexibility index (Phi) is 6.60. The third-order valence-electron chi connectivity index (χ3n) is 3.78. The summed E-state index contributed by atoms with van der Waals surface area (Å²) in [7, 11) is 0. The summed E-state index contributed by atoms with van der Waals surface area (Å²) in [6, 6.07) is 20.2. The molecule has 2 N–H and O–H groups in total. The minimum absolute atomic E-state index is 0.0501. The van der Waals surface area contributed by atoms with Crippen molar-refractivity contribution in [2.24, 2.45) is 0 Å². The van der Waals surface area contributed by atoms with Gasteiger partial charge in [-0.15, -0.1) is 11.3 Å². The Morgan fingerprint density at radius 3 is 2.30 bits per heavy atom. The number of amides is 2. The highest BCUT2D eigenvalue weighted by molar-refractivity contribution is 7.09. The van der Waals surface area contributed by atoms with E-state index < -0.39 is 0 Å². The third kappa shape index (κ3) is 5.97. The third-order valence-corrected chi connectivity index (χ3v) is 4.71. The van der Waals surface area contributed by atoms with E-state index in [2.05, 4.69) is 10.6 Å². The van der Waals surface area contributed by atoms with Crippen LogP contribution in [-0.4, -0.2) is 24.9 Å². The first kappa shape index (κ1) is 18.7. The zero-order valence-corrected chi connectivity index (χ0v) is 15.5. The highest BCUT2D eigenvalue weighted by Gasteiger charge is 2.08. The van der Waals surface area contributed by atoms with Crippen molar-refractivity contribution in [1.82, 2.24) is 10.6 Å². The first-order chi connectivity index (χ1) is 13.2. The summed E-state index contributed by atoms with van der Waals surface area (Å²) >= 11 is 1.66. The van der Waals surface area contributed by atoms with E-state index in [0.29, 0.717) is 17.9 Å². The summed E-state index contributed by atoms with van der Waals surface area (Å²) in [5.74, 6) is 0.872. The molecule has 2 amide bonds. The van der Waals surface area contributed by atoms with Crippen LogP contribution in [-0.2, 0) is 11.2 Å². The van der Waals surface area contributed by atoms with Crippen LogP contribution in [0.4, 0.5) is 0 Å². The van der Waals surface area contributed by atoms with Gasteiger partial charge in [-0.3, -0.25) is 9.59 Å². The van der Waals surface area contributed by atoms with Crippen LogP contribution < -0.4 is 15.4 Å². The normalized spacial score (nSPS) is 10.2. The zero-order valence-electron chi connectivity index (χ0n) is 14.7. The molecule has 0 bridgehead atoms. The molecule has 0 saturated carbocycles. The number of hydrogen-bond donors (Lipinski definition) is 2. The Morgan fingerprint density at radius 1 is 0.852 bits per heavy atom. The topological polar surface area (TPSA) is 67.4 Å². The standard InChI is InChI=1S/C21H20N2O3S/c24-20(22-13-12-19-7-4-14-27-19)15-23-21(25)16-8-10-18(11-9-16)26-17-5-2-1-3-6-17/h1-11,14H,12-13,15H2,(H,22,24)(H,23,25). The second-order valence-electron chi connectivity index (χ2n) is 5.80. The van der Waals surface area contributed by atoms with Crippen molar-refractivity contribution in [3.63, 3.8) is 0 Å². The largest absolute Gasteiger partial charge is 0.457 e. The molecule has 138 valence electrons. The fourth-order valence-corrected chi connectivity index (χ4v) is 3.11. The predicted octanol–water partition coefficient (Wildman–Crippen LogP) is 3.63. The Labute approximate surface area is 162 Å². The number of nitrogens with one attached hydrogen (secondary N) is 2. The van der Waals surface area contributed by atoms with Crippen molar-refractivity contribution in [1.29, 1.82) is 0 Å². The second-order valence-corrected chi connectivity index (χ2v) is 6.83. The number of ether oxygens (including phenoxy) is 1. The number of carbonyl (C=O) groups excluding carboxylic acids is 2. The van der Waals surface area contributed by atoms with Gasteiger partial charge in [-0.05, 0) is 54.3 Å². The Morgan fingerprint density at radius 2 is 1.59 bits per heavy atom. The van der Waals surface area contributed by atoms with Crippen molar-refractivity contribution in [2.45, 2.75) is 6.42 Å². The molecule has 0 radical (unpaired) electrons. The van der Waals surface area contributed by atoms with E-state index in [0.717, 1.165) is 12.2 Å². The van der Waals surface area contributed by atoms with E-state index in [1.54, 1.807) is 35.6 Å². The van der Waals surface area contributed by atoms with Crippen molar-refractivity contribution in [3.05, 3.63) is 82.6 Å². The molecule has 0 spiro atoms. The molecule has 0 fully saturated rings. The number of hydrogen-bond acceptors (Lipinski definition) is 4. The average molecular weight is 380 g/mol. The summed E-state index contributed by atoms with van der Waals surface area (Å²) in [5.41, 5.74) is 0.474. The Hall–Kier alpha value is -3.12. The van der Waals surface area contributed by atoms with Crippen LogP contribution in [0.3, 0.4) is 0 Å². The molecule has 2 aromatic carbocycles. The molecule has 0 aliphatic heterocycles. The highest BCUT2D eigenvalue weighted by Crippen LogP contribution is 2.21. The number of benzene rings is 2. The van der Waals surface area contributed by atoms with Gasteiger partial charge in [0, 0.05) is 17.0 Å². The molecule has 3 rings (SSSR count). The predicted molar refractivity (Wildman–Crippen MR) is 106 cm³/mol. The molecule has 27 heavy (non-hydrogen) atoms.